The molecule has 1 aliphatic rings. The van der Waals surface area contributed by atoms with Crippen molar-refractivity contribution in [1.29, 1.82) is 0 Å². The summed E-state index contributed by atoms with van der Waals surface area (Å²) in [6, 6.07) is 13.1. The van der Waals surface area contributed by atoms with E-state index in [1.54, 1.807) is 41.3 Å². The highest BCUT2D eigenvalue weighted by atomic mass is 32.2. The van der Waals surface area contributed by atoms with Gasteiger partial charge in [-0.05, 0) is 49.1 Å². The number of hydrogen-bond acceptors (Lipinski definition) is 4. The van der Waals surface area contributed by atoms with Gasteiger partial charge in [0.25, 0.3) is 15.9 Å². The van der Waals surface area contributed by atoms with E-state index < -0.39 is 15.5 Å². The third-order valence-corrected chi connectivity index (χ3v) is 7.87. The second-order valence-corrected chi connectivity index (χ2v) is 10.2. The number of carbonyl (C=O) groups is 1. The summed E-state index contributed by atoms with van der Waals surface area (Å²) in [6.45, 7) is 7.12. The summed E-state index contributed by atoms with van der Waals surface area (Å²) in [5.41, 5.74) is 0.518. The van der Waals surface area contributed by atoms with E-state index in [1.165, 1.54) is 28.7 Å². The Kier molecular flexibility index (Phi) is 6.37. The van der Waals surface area contributed by atoms with E-state index in [0.29, 0.717) is 30.2 Å². The maximum atomic E-state index is 13.5. The Labute approximate surface area is 193 Å². The molecule has 1 aliphatic heterocycles. The highest BCUT2D eigenvalue weighted by Gasteiger charge is 2.27. The van der Waals surface area contributed by atoms with Crippen molar-refractivity contribution in [2.24, 2.45) is 5.92 Å². The van der Waals surface area contributed by atoms with Crippen molar-refractivity contribution in [3.05, 3.63) is 83.2 Å². The van der Waals surface area contributed by atoms with Crippen molar-refractivity contribution in [2.45, 2.75) is 24.7 Å². The molecule has 1 fully saturated rings. The third kappa shape index (κ3) is 4.43. The molecule has 1 amide bonds. The zero-order valence-electron chi connectivity index (χ0n) is 18.5. The molecule has 33 heavy (non-hydrogen) atoms. The molecule has 0 aliphatic carbocycles. The Morgan fingerprint density at radius 2 is 1.88 bits per heavy atom. The van der Waals surface area contributed by atoms with Crippen LogP contribution in [0.1, 0.15) is 30.1 Å². The van der Waals surface area contributed by atoms with E-state index in [9.17, 15) is 18.0 Å². The Balaban J connectivity index is 1.75. The van der Waals surface area contributed by atoms with E-state index in [0.717, 1.165) is 12.8 Å². The molecular weight excluding hydrogens is 438 g/mol. The van der Waals surface area contributed by atoms with Crippen LogP contribution in [-0.2, 0) is 10.0 Å². The van der Waals surface area contributed by atoms with Gasteiger partial charge in [-0.3, -0.25) is 13.9 Å². The van der Waals surface area contributed by atoms with Crippen LogP contribution < -0.4 is 9.73 Å². The first-order chi connectivity index (χ1) is 15.8. The molecule has 0 saturated carbocycles. The lowest BCUT2D eigenvalue weighted by Crippen LogP contribution is -2.40. The molecule has 1 aromatic heterocycles. The fraction of sp³-hybridized carbons (Fsp3) is 0.280. The predicted octanol–water partition coefficient (Wildman–Crippen LogP) is 3.78. The minimum atomic E-state index is -3.97. The van der Waals surface area contributed by atoms with E-state index in [1.807, 2.05) is 0 Å². The van der Waals surface area contributed by atoms with Crippen molar-refractivity contribution in [3.63, 3.8) is 0 Å². The molecule has 0 bridgehead atoms. The quantitative estimate of drug-likeness (QED) is 0.561. The van der Waals surface area contributed by atoms with Crippen LogP contribution in [0, 0.1) is 5.92 Å². The lowest BCUT2D eigenvalue weighted by Gasteiger charge is -2.30. The first-order valence-corrected chi connectivity index (χ1v) is 12.4. The van der Waals surface area contributed by atoms with E-state index in [4.69, 9.17) is 0 Å². The van der Waals surface area contributed by atoms with Gasteiger partial charge in [0, 0.05) is 30.2 Å². The number of aromatic nitrogens is 1. The monoisotopic (exact) mass is 465 g/mol. The lowest BCUT2D eigenvalue weighted by molar-refractivity contribution is 0.0696. The molecule has 8 heteroatoms. The second kappa shape index (κ2) is 9.23. The number of para-hydroxylation sites is 1. The van der Waals surface area contributed by atoms with Crippen molar-refractivity contribution in [3.8, 4) is 0 Å². The van der Waals surface area contributed by atoms with Gasteiger partial charge in [-0.15, -0.1) is 6.58 Å². The number of pyridine rings is 1. The molecule has 4 rings (SSSR count). The van der Waals surface area contributed by atoms with Crippen molar-refractivity contribution in [2.75, 3.05) is 23.9 Å². The normalized spacial score (nSPS) is 14.9. The minimum Gasteiger partial charge on any atom is -0.360 e. The lowest BCUT2D eigenvalue weighted by atomic mass is 9.98. The van der Waals surface area contributed by atoms with Crippen LogP contribution in [-0.4, -0.2) is 43.8 Å². The molecule has 172 valence electrons. The van der Waals surface area contributed by atoms with Gasteiger partial charge in [0.1, 0.15) is 5.56 Å². The highest BCUT2D eigenvalue weighted by molar-refractivity contribution is 7.92. The highest BCUT2D eigenvalue weighted by Crippen LogP contribution is 2.25. The van der Waals surface area contributed by atoms with Crippen LogP contribution in [0.15, 0.2) is 77.1 Å². The van der Waals surface area contributed by atoms with Gasteiger partial charge >= 0.3 is 0 Å². The van der Waals surface area contributed by atoms with Crippen LogP contribution in [0.3, 0.4) is 0 Å². The SMILES string of the molecule is C=CCN(c1ccccc1)S(=O)(=O)c1ccc2[nH]cc(C(=O)N3CCC(C)CC3)c(=O)c2c1. The molecule has 1 N–H and O–H groups in total. The predicted molar refractivity (Wildman–Crippen MR) is 130 cm³/mol. The zero-order chi connectivity index (χ0) is 23.6. The number of fused-ring (bicyclic) bond motifs is 1. The average Bonchev–Trinajstić information content (AvgIpc) is 2.83. The van der Waals surface area contributed by atoms with Crippen LogP contribution in [0.25, 0.3) is 10.9 Å². The van der Waals surface area contributed by atoms with Gasteiger partial charge in [0.15, 0.2) is 0 Å². The first kappa shape index (κ1) is 22.8. The van der Waals surface area contributed by atoms with Gasteiger partial charge in [-0.2, -0.15) is 0 Å². The van der Waals surface area contributed by atoms with Gasteiger partial charge in [-0.25, -0.2) is 8.42 Å². The number of carbonyl (C=O) groups excluding carboxylic acids is 1. The van der Waals surface area contributed by atoms with Crippen molar-refractivity contribution < 1.29 is 13.2 Å². The third-order valence-electron chi connectivity index (χ3n) is 6.08. The molecule has 1 saturated heterocycles. The smallest absolute Gasteiger partial charge is 0.264 e. The van der Waals surface area contributed by atoms with Crippen molar-refractivity contribution in [1.82, 2.24) is 9.88 Å². The number of nitrogens with one attached hydrogen (secondary N) is 1. The number of benzene rings is 2. The summed E-state index contributed by atoms with van der Waals surface area (Å²) in [5.74, 6) is 0.232. The average molecular weight is 466 g/mol. The number of H-pyrrole nitrogens is 1. The van der Waals surface area contributed by atoms with Gasteiger partial charge in [-0.1, -0.05) is 31.2 Å². The largest absolute Gasteiger partial charge is 0.360 e. The van der Waals surface area contributed by atoms with Crippen LogP contribution in [0.4, 0.5) is 5.69 Å². The molecule has 3 aromatic rings. The molecule has 2 aromatic carbocycles. The number of rotatable bonds is 6. The van der Waals surface area contributed by atoms with Crippen molar-refractivity contribution >= 4 is 32.5 Å². The topological polar surface area (TPSA) is 90.6 Å². The zero-order valence-corrected chi connectivity index (χ0v) is 19.3. The summed E-state index contributed by atoms with van der Waals surface area (Å²) in [4.78, 5) is 30.9. The van der Waals surface area contributed by atoms with Crippen LogP contribution in [0.2, 0.25) is 0 Å². The van der Waals surface area contributed by atoms with Crippen LogP contribution >= 0.6 is 0 Å². The number of likely N-dealkylation sites (tertiary alicyclic amines) is 1. The number of anilines is 1. The Morgan fingerprint density at radius 1 is 1.18 bits per heavy atom. The molecule has 0 unspecified atom stereocenters. The number of aromatic amines is 1. The number of hydrogen-bond donors (Lipinski definition) is 1. The Hall–Kier alpha value is -3.39. The molecule has 0 atom stereocenters. The fourth-order valence-corrected chi connectivity index (χ4v) is 5.54. The summed E-state index contributed by atoms with van der Waals surface area (Å²) < 4.78 is 28.2. The van der Waals surface area contributed by atoms with E-state index in [2.05, 4.69) is 18.5 Å². The summed E-state index contributed by atoms with van der Waals surface area (Å²) in [7, 11) is -3.97. The number of sulfonamides is 1. The number of nitrogens with zero attached hydrogens (tertiary/aromatic N) is 2. The second-order valence-electron chi connectivity index (χ2n) is 8.37. The fourth-order valence-electron chi connectivity index (χ4n) is 4.08. The van der Waals surface area contributed by atoms with E-state index in [-0.39, 0.29) is 28.3 Å². The molecular formula is C25H27N3O4S. The maximum Gasteiger partial charge on any atom is 0.264 e. The van der Waals surface area contributed by atoms with Gasteiger partial charge in [0.05, 0.1) is 17.1 Å². The van der Waals surface area contributed by atoms with E-state index >= 15 is 0 Å². The molecule has 7 nitrogen and oxygen atoms in total. The van der Waals surface area contributed by atoms with Gasteiger partial charge in [0.2, 0.25) is 5.43 Å². The Bertz CT molecular complexity index is 1340. The summed E-state index contributed by atoms with van der Waals surface area (Å²) in [6.07, 6.45) is 4.73. The summed E-state index contributed by atoms with van der Waals surface area (Å²) in [5, 5.41) is 0.166. The minimum absolute atomic E-state index is 0.0254. The summed E-state index contributed by atoms with van der Waals surface area (Å²) >= 11 is 0. The number of amides is 1. The van der Waals surface area contributed by atoms with Gasteiger partial charge < -0.3 is 9.88 Å². The Morgan fingerprint density at radius 3 is 2.55 bits per heavy atom. The molecule has 0 spiro atoms. The standard InChI is InChI=1S/C25H27N3O4S/c1-3-13-28(19-7-5-4-6-8-19)33(31,32)20-9-10-23-21(16-20)24(29)22(17-26-23)25(30)27-14-11-18(2)12-15-27/h3-10,16-18H,1,11-15H2,2H3,(H,26,29). The first-order valence-electron chi connectivity index (χ1n) is 11.0. The number of piperidine rings is 1. The molecule has 0 radical (unpaired) electrons. The maximum absolute atomic E-state index is 13.5. The molecule has 2 heterocycles. The van der Waals surface area contributed by atoms with Crippen LogP contribution in [0.5, 0.6) is 0 Å².